The average molecular weight is 460 g/mol. The quantitative estimate of drug-likeness (QED) is 0.290. The van der Waals surface area contributed by atoms with Gasteiger partial charge in [0, 0.05) is 29.2 Å². The number of ether oxygens (including phenoxy) is 2. The van der Waals surface area contributed by atoms with E-state index in [0.717, 1.165) is 27.7 Å². The number of aryl methyl sites for hydroxylation is 1. The Hall–Kier alpha value is -4.20. The minimum atomic E-state index is -0.658. The molecule has 1 aliphatic heterocycles. The molecule has 0 spiro atoms. The van der Waals surface area contributed by atoms with Gasteiger partial charge >= 0.3 is 5.97 Å². The number of imide groups is 1. The second kappa shape index (κ2) is 9.35. The minimum Gasteiger partial charge on any atom is -0.497 e. The number of carbonyl (C=O) groups excluding carboxylic acids is 4. The van der Waals surface area contributed by atoms with Crippen molar-refractivity contribution in [2.45, 2.75) is 20.3 Å². The molecular formula is C26H24N2O6. The first-order chi connectivity index (χ1) is 16.3. The van der Waals surface area contributed by atoms with E-state index in [1.54, 1.807) is 37.4 Å². The maximum atomic E-state index is 12.8. The zero-order valence-corrected chi connectivity index (χ0v) is 19.2. The number of hydrogen-bond donors (Lipinski definition) is 0. The number of amides is 2. The minimum absolute atomic E-state index is 0.106. The normalized spacial score (nSPS) is 12.6. The van der Waals surface area contributed by atoms with E-state index in [0.29, 0.717) is 16.7 Å². The summed E-state index contributed by atoms with van der Waals surface area (Å²) in [6.45, 7) is 3.19. The summed E-state index contributed by atoms with van der Waals surface area (Å²) in [5.74, 6) is -1.13. The predicted molar refractivity (Wildman–Crippen MR) is 124 cm³/mol. The Labute approximate surface area is 196 Å². The van der Waals surface area contributed by atoms with E-state index in [1.807, 2.05) is 42.7 Å². The van der Waals surface area contributed by atoms with Crippen LogP contribution in [0, 0.1) is 13.8 Å². The van der Waals surface area contributed by atoms with E-state index in [-0.39, 0.29) is 18.7 Å². The second-order valence-corrected chi connectivity index (χ2v) is 7.96. The van der Waals surface area contributed by atoms with Gasteiger partial charge in [-0.25, -0.2) is 0 Å². The van der Waals surface area contributed by atoms with Crippen LogP contribution in [-0.2, 0) is 9.53 Å². The first kappa shape index (κ1) is 23.0. The second-order valence-electron chi connectivity index (χ2n) is 7.96. The number of benzene rings is 2. The van der Waals surface area contributed by atoms with Gasteiger partial charge in [-0.15, -0.1) is 0 Å². The van der Waals surface area contributed by atoms with Crippen molar-refractivity contribution in [3.05, 3.63) is 82.7 Å². The summed E-state index contributed by atoms with van der Waals surface area (Å²) in [7, 11) is 1.60. The smallest absolute Gasteiger partial charge is 0.308 e. The zero-order valence-electron chi connectivity index (χ0n) is 19.2. The van der Waals surface area contributed by atoms with Crippen molar-refractivity contribution in [1.82, 2.24) is 9.47 Å². The molecule has 0 fully saturated rings. The molecule has 2 amide bonds. The molecule has 4 rings (SSSR count). The number of Topliss-reactive ketones (excluding diaryl/α,β-unsaturated/α-hetero) is 1. The maximum absolute atomic E-state index is 12.8. The molecule has 34 heavy (non-hydrogen) atoms. The van der Waals surface area contributed by atoms with E-state index in [9.17, 15) is 19.2 Å². The number of nitrogens with zero attached hydrogens (tertiary/aromatic N) is 2. The first-order valence-corrected chi connectivity index (χ1v) is 10.8. The van der Waals surface area contributed by atoms with Crippen LogP contribution < -0.4 is 4.74 Å². The summed E-state index contributed by atoms with van der Waals surface area (Å²) in [4.78, 5) is 50.8. The molecule has 2 aromatic carbocycles. The van der Waals surface area contributed by atoms with Gasteiger partial charge in [0.15, 0.2) is 6.61 Å². The summed E-state index contributed by atoms with van der Waals surface area (Å²) in [5, 5.41) is 0. The van der Waals surface area contributed by atoms with Crippen molar-refractivity contribution in [2.24, 2.45) is 0 Å². The molecule has 0 bridgehead atoms. The fraction of sp³-hybridized carbons (Fsp3) is 0.231. The van der Waals surface area contributed by atoms with Crippen LogP contribution in [0.15, 0.2) is 54.6 Å². The van der Waals surface area contributed by atoms with Crippen molar-refractivity contribution in [1.29, 1.82) is 0 Å². The largest absolute Gasteiger partial charge is 0.497 e. The monoisotopic (exact) mass is 460 g/mol. The van der Waals surface area contributed by atoms with E-state index in [1.165, 1.54) is 0 Å². The average Bonchev–Trinajstić information content (AvgIpc) is 3.28. The molecule has 2 heterocycles. The summed E-state index contributed by atoms with van der Waals surface area (Å²) in [5.41, 5.74) is 3.58. The zero-order chi connectivity index (χ0) is 24.4. The van der Waals surface area contributed by atoms with Crippen LogP contribution in [0.5, 0.6) is 5.75 Å². The molecule has 0 N–H and O–H groups in total. The Bertz CT molecular complexity index is 1250. The molecule has 8 heteroatoms. The lowest BCUT2D eigenvalue weighted by Gasteiger charge is -2.13. The van der Waals surface area contributed by atoms with Crippen LogP contribution in [0.25, 0.3) is 5.69 Å². The number of methoxy groups -OCH3 is 1. The lowest BCUT2D eigenvalue weighted by molar-refractivity contribution is -0.142. The Morgan fingerprint density at radius 1 is 0.912 bits per heavy atom. The van der Waals surface area contributed by atoms with Gasteiger partial charge in [0.1, 0.15) is 5.75 Å². The molecule has 3 aromatic rings. The molecule has 0 aliphatic carbocycles. The molecule has 0 atom stereocenters. The third-order valence-corrected chi connectivity index (χ3v) is 5.84. The van der Waals surface area contributed by atoms with Crippen LogP contribution in [-0.4, -0.2) is 53.3 Å². The van der Waals surface area contributed by atoms with E-state index in [2.05, 4.69) is 0 Å². The van der Waals surface area contributed by atoms with Crippen molar-refractivity contribution < 1.29 is 28.7 Å². The lowest BCUT2D eigenvalue weighted by atomic mass is 10.1. The fourth-order valence-corrected chi connectivity index (χ4v) is 4.11. The topological polar surface area (TPSA) is 94.9 Å². The molecule has 1 aliphatic rings. The number of aromatic nitrogens is 1. The van der Waals surface area contributed by atoms with Crippen LogP contribution in [0.1, 0.15) is 48.9 Å². The van der Waals surface area contributed by atoms with Gasteiger partial charge in [-0.2, -0.15) is 0 Å². The molecule has 0 unspecified atom stereocenters. The number of ketones is 1. The number of hydrogen-bond acceptors (Lipinski definition) is 6. The van der Waals surface area contributed by atoms with Crippen molar-refractivity contribution in [3.63, 3.8) is 0 Å². The van der Waals surface area contributed by atoms with Gasteiger partial charge in [-0.05, 0) is 56.3 Å². The predicted octanol–water partition coefficient (Wildman–Crippen LogP) is 3.51. The van der Waals surface area contributed by atoms with E-state index >= 15 is 0 Å². The van der Waals surface area contributed by atoms with Crippen molar-refractivity contribution in [2.75, 3.05) is 20.3 Å². The molecule has 8 nitrogen and oxygen atoms in total. The van der Waals surface area contributed by atoms with E-state index < -0.39 is 24.4 Å². The third-order valence-electron chi connectivity index (χ3n) is 5.84. The highest BCUT2D eigenvalue weighted by Gasteiger charge is 2.35. The Morgan fingerprint density at radius 3 is 2.12 bits per heavy atom. The SMILES string of the molecule is COc1ccc(-n2c(C)cc(C(=O)COC(=O)CCN3C(=O)c4ccccc4C3=O)c2C)cc1. The van der Waals surface area contributed by atoms with Gasteiger partial charge in [-0.3, -0.25) is 24.1 Å². The van der Waals surface area contributed by atoms with Crippen LogP contribution in [0.4, 0.5) is 0 Å². The summed E-state index contributed by atoms with van der Waals surface area (Å²) in [6, 6.07) is 15.7. The molecular weight excluding hydrogens is 436 g/mol. The van der Waals surface area contributed by atoms with Crippen LogP contribution >= 0.6 is 0 Å². The highest BCUT2D eigenvalue weighted by molar-refractivity contribution is 6.21. The number of esters is 1. The summed E-state index contributed by atoms with van der Waals surface area (Å²) >= 11 is 0. The molecule has 0 saturated carbocycles. The molecule has 1 aromatic heterocycles. The Morgan fingerprint density at radius 2 is 1.53 bits per heavy atom. The Balaban J connectivity index is 1.35. The number of carbonyl (C=O) groups is 4. The van der Waals surface area contributed by atoms with Crippen LogP contribution in [0.2, 0.25) is 0 Å². The highest BCUT2D eigenvalue weighted by Crippen LogP contribution is 2.24. The van der Waals surface area contributed by atoms with Gasteiger partial charge in [0.25, 0.3) is 11.8 Å². The lowest BCUT2D eigenvalue weighted by Crippen LogP contribution is -2.32. The number of rotatable bonds is 8. The summed E-state index contributed by atoms with van der Waals surface area (Å²) in [6.07, 6.45) is -0.191. The van der Waals surface area contributed by atoms with E-state index in [4.69, 9.17) is 9.47 Å². The Kier molecular flexibility index (Phi) is 6.32. The molecule has 174 valence electrons. The maximum Gasteiger partial charge on any atom is 0.308 e. The van der Waals surface area contributed by atoms with Crippen molar-refractivity contribution in [3.8, 4) is 11.4 Å². The molecule has 0 radical (unpaired) electrons. The highest BCUT2D eigenvalue weighted by atomic mass is 16.5. The third kappa shape index (κ3) is 4.22. The fourth-order valence-electron chi connectivity index (χ4n) is 4.11. The number of fused-ring (bicyclic) bond motifs is 1. The standard InChI is InChI=1S/C26H24N2O6/c1-16-14-22(17(2)28(16)18-8-10-19(33-3)11-9-18)23(29)15-34-24(30)12-13-27-25(31)20-6-4-5-7-21(20)26(27)32/h4-11,14H,12-13,15H2,1-3H3. The van der Waals surface area contributed by atoms with Crippen LogP contribution in [0.3, 0.4) is 0 Å². The van der Waals surface area contributed by atoms with Gasteiger partial charge in [0.2, 0.25) is 5.78 Å². The van der Waals surface area contributed by atoms with Gasteiger partial charge in [0.05, 0.1) is 24.7 Å². The summed E-state index contributed by atoms with van der Waals surface area (Å²) < 4.78 is 12.3. The van der Waals surface area contributed by atoms with Crippen molar-refractivity contribution >= 4 is 23.6 Å². The van der Waals surface area contributed by atoms with Gasteiger partial charge in [-0.1, -0.05) is 12.1 Å². The first-order valence-electron chi connectivity index (χ1n) is 10.8. The molecule has 0 saturated heterocycles. The van der Waals surface area contributed by atoms with Gasteiger partial charge < -0.3 is 14.0 Å².